The van der Waals surface area contributed by atoms with E-state index in [0.717, 1.165) is 25.7 Å². The molecule has 0 aliphatic carbocycles. The van der Waals surface area contributed by atoms with Crippen molar-refractivity contribution in [3.8, 4) is 28.6 Å². The van der Waals surface area contributed by atoms with E-state index in [1.165, 1.54) is 33.3 Å². The van der Waals surface area contributed by atoms with Crippen LogP contribution in [0.15, 0.2) is 101 Å². The van der Waals surface area contributed by atoms with Crippen LogP contribution in [0.2, 0.25) is 0 Å². The molecule has 1 aliphatic rings. The fourth-order valence-electron chi connectivity index (χ4n) is 5.14. The van der Waals surface area contributed by atoms with Crippen molar-refractivity contribution in [3.05, 3.63) is 118 Å². The molecule has 2 N–H and O–H groups in total. The van der Waals surface area contributed by atoms with Crippen molar-refractivity contribution in [3.63, 3.8) is 0 Å². The highest BCUT2D eigenvalue weighted by molar-refractivity contribution is 6.13. The van der Waals surface area contributed by atoms with Crippen LogP contribution in [0.3, 0.4) is 0 Å². The van der Waals surface area contributed by atoms with Gasteiger partial charge in [0.25, 0.3) is 0 Å². The second-order valence-corrected chi connectivity index (χ2v) is 10.8. The Labute approximate surface area is 267 Å². The van der Waals surface area contributed by atoms with E-state index in [1.807, 2.05) is 6.08 Å². The minimum atomic E-state index is -0.440. The minimum Gasteiger partial charge on any atom is -0.495 e. The van der Waals surface area contributed by atoms with Gasteiger partial charge in [-0.3, -0.25) is 14.8 Å². The molecule has 4 aromatic rings. The number of methoxy groups -OCH3 is 1. The Morgan fingerprint density at radius 3 is 2.52 bits per heavy atom. The Bertz CT molecular complexity index is 1930. The molecular weight excluding hydrogens is 585 g/mol. The summed E-state index contributed by atoms with van der Waals surface area (Å²) in [5.41, 5.74) is 5.00. The smallest absolute Gasteiger partial charge is 0.339 e. The molecule has 0 radical (unpaired) electrons. The topological polar surface area (TPSA) is 102 Å². The first-order chi connectivity index (χ1) is 22.2. The number of imidazole rings is 1. The number of rotatable bonds is 11. The monoisotopic (exact) mass is 621 g/mol. The molecule has 10 heteroatoms. The Hall–Kier alpha value is -5.60. The maximum atomic E-state index is 14.3. The highest BCUT2D eigenvalue weighted by Gasteiger charge is 2.27. The highest BCUT2D eigenvalue weighted by atomic mass is 19.1. The molecular formula is C36H36FN5O4. The second-order valence-electron chi connectivity index (χ2n) is 10.8. The molecule has 3 aromatic carbocycles. The van der Waals surface area contributed by atoms with E-state index in [1.54, 1.807) is 80.8 Å². The number of carbonyl (C=O) groups excluding carboxylic acids is 1. The number of carbonyl (C=O) groups is 1. The molecule has 0 fully saturated rings. The van der Waals surface area contributed by atoms with E-state index in [2.05, 4.69) is 18.0 Å². The molecule has 0 bridgehead atoms. The van der Waals surface area contributed by atoms with Crippen LogP contribution in [-0.4, -0.2) is 34.9 Å². The molecule has 1 aliphatic heterocycles. The zero-order valence-corrected chi connectivity index (χ0v) is 26.3. The van der Waals surface area contributed by atoms with Crippen molar-refractivity contribution < 1.29 is 18.7 Å². The lowest BCUT2D eigenvalue weighted by Gasteiger charge is -2.20. The molecule has 9 nitrogen and oxygen atoms in total. The van der Waals surface area contributed by atoms with Crippen LogP contribution in [0, 0.1) is 11.2 Å². The van der Waals surface area contributed by atoms with Gasteiger partial charge in [0.2, 0.25) is 5.91 Å². The van der Waals surface area contributed by atoms with Crippen LogP contribution in [0.4, 0.5) is 15.9 Å². The van der Waals surface area contributed by atoms with Crippen molar-refractivity contribution in [2.75, 3.05) is 24.4 Å². The Kier molecular flexibility index (Phi) is 9.69. The first-order valence-electron chi connectivity index (χ1n) is 15.0. The first kappa shape index (κ1) is 31.8. The van der Waals surface area contributed by atoms with Crippen molar-refractivity contribution in [2.24, 2.45) is 0 Å². The number of fused-ring (bicyclic) bond motifs is 1. The van der Waals surface area contributed by atoms with E-state index in [9.17, 15) is 14.0 Å². The normalized spacial score (nSPS) is 12.4. The van der Waals surface area contributed by atoms with E-state index >= 15 is 0 Å². The maximum Gasteiger partial charge on any atom is 0.339 e. The van der Waals surface area contributed by atoms with Crippen molar-refractivity contribution >= 4 is 23.1 Å². The summed E-state index contributed by atoms with van der Waals surface area (Å²) in [4.78, 5) is 28.9. The van der Waals surface area contributed by atoms with Crippen LogP contribution < -0.4 is 25.4 Å². The third-order valence-electron chi connectivity index (χ3n) is 7.64. The molecule has 2 heterocycles. The summed E-state index contributed by atoms with van der Waals surface area (Å²) >= 11 is 0. The molecule has 5 rings (SSSR count). The number of nitrogens with one attached hydrogen (secondary N) is 2. The van der Waals surface area contributed by atoms with Gasteiger partial charge in [-0.1, -0.05) is 37.6 Å². The third kappa shape index (κ3) is 6.57. The van der Waals surface area contributed by atoms with Crippen LogP contribution in [0.1, 0.15) is 45.2 Å². The number of unbranched alkanes of at least 4 members (excludes halogenated alkanes) is 3. The molecule has 46 heavy (non-hydrogen) atoms. The first-order valence-corrected chi connectivity index (χ1v) is 15.0. The van der Waals surface area contributed by atoms with Gasteiger partial charge in [0, 0.05) is 24.9 Å². The van der Waals surface area contributed by atoms with Crippen LogP contribution in [0.5, 0.6) is 17.2 Å². The summed E-state index contributed by atoms with van der Waals surface area (Å²) in [7, 11) is 3.18. The van der Waals surface area contributed by atoms with Gasteiger partial charge in [0.05, 0.1) is 29.9 Å². The van der Waals surface area contributed by atoms with Crippen molar-refractivity contribution in [1.29, 1.82) is 5.41 Å². The molecule has 0 atom stereocenters. The Morgan fingerprint density at radius 2 is 1.80 bits per heavy atom. The summed E-state index contributed by atoms with van der Waals surface area (Å²) in [5.74, 6) is 0.979. The molecule has 1 amide bonds. The average molecular weight is 622 g/mol. The number of hydrogen-bond donors (Lipinski definition) is 2. The SMILES string of the molecule is CCCCC/C=C/C(=O)N(C)c1cc(-n2c3c(n(-c4ccc(Oc5cccc(F)c5)cc4)c2=O)C(=N)C(C)=C=CN3)ccc1OC. The number of aromatic nitrogens is 2. The highest BCUT2D eigenvalue weighted by Crippen LogP contribution is 2.33. The Balaban J connectivity index is 1.57. The van der Waals surface area contributed by atoms with E-state index in [4.69, 9.17) is 14.9 Å². The average Bonchev–Trinajstić information content (AvgIpc) is 3.26. The standard InChI is InChI=1S/C36H36FN5O4/c1-5-6-7-8-9-13-32(43)40(3)30-23-27(16-19-31(30)45-4)42-35-34(33(38)24(2)20-21-39-35)41(36(42)44)26-14-17-28(18-15-26)46-29-12-10-11-25(37)22-29/h9-19,21-23,38-39H,5-8H2,1-4H3/b13-9+,38-33?. The molecule has 1 aromatic heterocycles. The zero-order valence-electron chi connectivity index (χ0n) is 26.3. The van der Waals surface area contributed by atoms with Gasteiger partial charge in [0.1, 0.15) is 34.6 Å². The quantitative estimate of drug-likeness (QED) is 0.103. The minimum absolute atomic E-state index is 0.112. The summed E-state index contributed by atoms with van der Waals surface area (Å²) in [6, 6.07) is 17.7. The fourth-order valence-corrected chi connectivity index (χ4v) is 5.14. The largest absolute Gasteiger partial charge is 0.495 e. The fraction of sp³-hybridized carbons (Fsp3) is 0.222. The number of allylic oxidation sites excluding steroid dienone is 2. The Morgan fingerprint density at radius 1 is 1.04 bits per heavy atom. The zero-order chi connectivity index (χ0) is 32.8. The summed E-state index contributed by atoms with van der Waals surface area (Å²) < 4.78 is 27.9. The van der Waals surface area contributed by atoms with E-state index < -0.39 is 11.5 Å². The predicted octanol–water partition coefficient (Wildman–Crippen LogP) is 7.52. The summed E-state index contributed by atoms with van der Waals surface area (Å²) in [5, 5.41) is 12.1. The second kappa shape index (κ2) is 14.0. The number of anilines is 2. The van der Waals surface area contributed by atoms with Gasteiger partial charge < -0.3 is 19.7 Å². The number of ether oxygens (including phenoxy) is 2. The number of nitrogens with zero attached hydrogens (tertiary/aromatic N) is 3. The van der Waals surface area contributed by atoms with Gasteiger partial charge in [-0.05, 0) is 80.4 Å². The molecule has 0 saturated heterocycles. The lowest BCUT2D eigenvalue weighted by atomic mass is 10.1. The summed E-state index contributed by atoms with van der Waals surface area (Å²) in [6.07, 6.45) is 9.03. The maximum absolute atomic E-state index is 14.3. The lowest BCUT2D eigenvalue weighted by molar-refractivity contribution is -0.113. The van der Waals surface area contributed by atoms with Crippen LogP contribution in [0.25, 0.3) is 11.4 Å². The van der Waals surface area contributed by atoms with Crippen LogP contribution >= 0.6 is 0 Å². The number of halogens is 1. The lowest BCUT2D eigenvalue weighted by Crippen LogP contribution is -2.26. The van der Waals surface area contributed by atoms with Gasteiger partial charge >= 0.3 is 5.69 Å². The number of likely N-dealkylation sites (N-methyl/N-ethyl adjacent to an activating group) is 1. The van der Waals surface area contributed by atoms with Gasteiger partial charge in [-0.2, -0.15) is 0 Å². The van der Waals surface area contributed by atoms with E-state index in [0.29, 0.717) is 51.4 Å². The molecule has 0 spiro atoms. The number of amides is 1. The number of hydrogen-bond acceptors (Lipinski definition) is 6. The third-order valence-corrected chi connectivity index (χ3v) is 7.64. The van der Waals surface area contributed by atoms with Gasteiger partial charge in [0.15, 0.2) is 0 Å². The number of benzene rings is 3. The van der Waals surface area contributed by atoms with Gasteiger partial charge in [-0.15, -0.1) is 0 Å². The predicted molar refractivity (Wildman–Crippen MR) is 179 cm³/mol. The molecule has 0 unspecified atom stereocenters. The van der Waals surface area contributed by atoms with Crippen molar-refractivity contribution in [2.45, 2.75) is 39.5 Å². The van der Waals surface area contributed by atoms with Gasteiger partial charge in [-0.25, -0.2) is 13.8 Å². The van der Waals surface area contributed by atoms with E-state index in [-0.39, 0.29) is 11.6 Å². The summed E-state index contributed by atoms with van der Waals surface area (Å²) in [6.45, 7) is 3.88. The van der Waals surface area contributed by atoms with Crippen molar-refractivity contribution in [1.82, 2.24) is 9.13 Å². The van der Waals surface area contributed by atoms with Crippen LogP contribution in [-0.2, 0) is 4.79 Å². The molecule has 0 saturated carbocycles. The molecule has 236 valence electrons.